The fourth-order valence-corrected chi connectivity index (χ4v) is 2.88. The lowest BCUT2D eigenvalue weighted by Gasteiger charge is -2.18. The minimum atomic E-state index is -4.51. The van der Waals surface area contributed by atoms with E-state index in [1.165, 1.54) is 25.4 Å². The van der Waals surface area contributed by atoms with E-state index in [9.17, 15) is 18.0 Å². The molecule has 0 aliphatic carbocycles. The van der Waals surface area contributed by atoms with Crippen LogP contribution in [0, 0.1) is 0 Å². The number of alkyl halides is 3. The van der Waals surface area contributed by atoms with Crippen LogP contribution in [0.15, 0.2) is 85.3 Å². The summed E-state index contributed by atoms with van der Waals surface area (Å²) in [5.74, 6) is 5.43. The zero-order valence-electron chi connectivity index (χ0n) is 16.6. The van der Waals surface area contributed by atoms with Crippen molar-refractivity contribution in [2.24, 2.45) is 5.84 Å². The highest BCUT2D eigenvalue weighted by Crippen LogP contribution is 2.31. The van der Waals surface area contributed by atoms with E-state index >= 15 is 0 Å². The quantitative estimate of drug-likeness (QED) is 0.340. The number of ketones is 1. The summed E-state index contributed by atoms with van der Waals surface area (Å²) in [7, 11) is 1.51. The van der Waals surface area contributed by atoms with Gasteiger partial charge in [-0.3, -0.25) is 9.80 Å². The molecular weight excluding hydrogens is 407 g/mol. The van der Waals surface area contributed by atoms with E-state index in [1.807, 2.05) is 30.3 Å². The minimum absolute atomic E-state index is 0.0470. The molecule has 0 atom stereocenters. The van der Waals surface area contributed by atoms with Crippen LogP contribution in [0.5, 0.6) is 0 Å². The van der Waals surface area contributed by atoms with Crippen LogP contribution in [-0.4, -0.2) is 22.6 Å². The number of aromatic nitrogens is 2. The number of Topliss-reactive ketones (excluding diaryl/α,β-unsaturated/α-hetero) is 1. The van der Waals surface area contributed by atoms with Crippen molar-refractivity contribution in [2.45, 2.75) is 6.18 Å². The SMILES string of the molecule is C=C(C(=O)/C(=C\N(N)c1cccc(C(F)(F)F)c1)NC)c1ccnn1-c1ccccc1. The molecule has 0 amide bonds. The Labute approximate surface area is 177 Å². The molecule has 0 aliphatic heterocycles. The normalized spacial score (nSPS) is 11.8. The summed E-state index contributed by atoms with van der Waals surface area (Å²) in [6.07, 6.45) is -1.75. The smallest absolute Gasteiger partial charge is 0.384 e. The number of carbonyl (C=O) groups is 1. The number of hydrogen-bond acceptors (Lipinski definition) is 5. The Kier molecular flexibility index (Phi) is 6.26. The number of likely N-dealkylation sites (N-methyl/N-ethyl adjacent to an activating group) is 1. The van der Waals surface area contributed by atoms with E-state index in [2.05, 4.69) is 17.0 Å². The average molecular weight is 427 g/mol. The summed E-state index contributed by atoms with van der Waals surface area (Å²) in [6, 6.07) is 15.3. The summed E-state index contributed by atoms with van der Waals surface area (Å²) in [4.78, 5) is 13.0. The van der Waals surface area contributed by atoms with E-state index in [0.29, 0.717) is 5.69 Å². The molecule has 3 rings (SSSR count). The molecule has 0 spiro atoms. The third kappa shape index (κ3) is 4.84. The van der Waals surface area contributed by atoms with Crippen molar-refractivity contribution < 1.29 is 18.0 Å². The van der Waals surface area contributed by atoms with Gasteiger partial charge in [0.1, 0.15) is 5.70 Å². The standard InChI is InChI=1S/C22H20F3N5O/c1-15(20-11-12-28-30(20)17-8-4-3-5-9-17)21(31)19(27-2)14-29(26)18-10-6-7-16(13-18)22(23,24)25/h3-14,27H,1,26H2,2H3/b19-14+. The first-order chi connectivity index (χ1) is 14.7. The van der Waals surface area contributed by atoms with Gasteiger partial charge in [-0.25, -0.2) is 10.5 Å². The Morgan fingerprint density at radius 1 is 1.16 bits per heavy atom. The van der Waals surface area contributed by atoms with Crippen molar-refractivity contribution >= 4 is 17.0 Å². The molecule has 1 aromatic heterocycles. The Balaban J connectivity index is 1.88. The van der Waals surface area contributed by atoms with Gasteiger partial charge < -0.3 is 5.32 Å². The van der Waals surface area contributed by atoms with Gasteiger partial charge in [-0.1, -0.05) is 30.8 Å². The summed E-state index contributed by atoms with van der Waals surface area (Å²) in [6.45, 7) is 3.88. The maximum atomic E-state index is 13.0. The number of nitrogens with two attached hydrogens (primary N) is 1. The number of benzene rings is 2. The van der Waals surface area contributed by atoms with Gasteiger partial charge >= 0.3 is 6.18 Å². The molecule has 1 heterocycles. The molecule has 31 heavy (non-hydrogen) atoms. The van der Waals surface area contributed by atoms with Crippen LogP contribution in [-0.2, 0) is 11.0 Å². The van der Waals surface area contributed by atoms with Crippen molar-refractivity contribution in [3.63, 3.8) is 0 Å². The Hall–Kier alpha value is -3.85. The average Bonchev–Trinajstić information content (AvgIpc) is 3.26. The molecule has 6 nitrogen and oxygen atoms in total. The summed E-state index contributed by atoms with van der Waals surface area (Å²) < 4.78 is 40.5. The van der Waals surface area contributed by atoms with E-state index in [1.54, 1.807) is 16.9 Å². The van der Waals surface area contributed by atoms with Crippen LogP contribution >= 0.6 is 0 Å². The molecule has 160 valence electrons. The number of hydrogen-bond donors (Lipinski definition) is 2. The van der Waals surface area contributed by atoms with Crippen LogP contribution in [0.1, 0.15) is 11.3 Å². The van der Waals surface area contributed by atoms with Gasteiger partial charge in [0.2, 0.25) is 5.78 Å². The Morgan fingerprint density at radius 3 is 2.52 bits per heavy atom. The zero-order chi connectivity index (χ0) is 22.6. The van der Waals surface area contributed by atoms with Crippen molar-refractivity contribution in [1.29, 1.82) is 0 Å². The van der Waals surface area contributed by atoms with Gasteiger partial charge in [-0.15, -0.1) is 0 Å². The number of hydrazine groups is 1. The highest BCUT2D eigenvalue weighted by atomic mass is 19.4. The second-order valence-corrected chi connectivity index (χ2v) is 6.52. The third-order valence-corrected chi connectivity index (χ3v) is 4.48. The highest BCUT2D eigenvalue weighted by molar-refractivity contribution is 6.27. The first kappa shape index (κ1) is 21.8. The van der Waals surface area contributed by atoms with Crippen LogP contribution < -0.4 is 16.2 Å². The largest absolute Gasteiger partial charge is 0.416 e. The van der Waals surface area contributed by atoms with Gasteiger partial charge in [-0.2, -0.15) is 18.3 Å². The predicted octanol–water partition coefficient (Wildman–Crippen LogP) is 3.91. The van der Waals surface area contributed by atoms with Crippen LogP contribution in [0.4, 0.5) is 18.9 Å². The van der Waals surface area contributed by atoms with E-state index in [0.717, 1.165) is 22.8 Å². The molecule has 0 fully saturated rings. The first-order valence-electron chi connectivity index (χ1n) is 9.16. The topological polar surface area (TPSA) is 76.2 Å². The lowest BCUT2D eigenvalue weighted by molar-refractivity contribution is -0.137. The van der Waals surface area contributed by atoms with Crippen LogP contribution in [0.2, 0.25) is 0 Å². The van der Waals surface area contributed by atoms with Gasteiger partial charge in [0.05, 0.1) is 28.8 Å². The van der Waals surface area contributed by atoms with Gasteiger partial charge in [0, 0.05) is 18.8 Å². The van der Waals surface area contributed by atoms with Gasteiger partial charge in [-0.05, 0) is 36.4 Å². The minimum Gasteiger partial charge on any atom is -0.384 e. The molecule has 3 aromatic rings. The number of para-hydroxylation sites is 1. The number of rotatable bonds is 7. The number of allylic oxidation sites excluding steroid dienone is 1. The van der Waals surface area contributed by atoms with Gasteiger partial charge in [0.25, 0.3) is 0 Å². The van der Waals surface area contributed by atoms with Crippen molar-refractivity contribution in [1.82, 2.24) is 15.1 Å². The molecular formula is C22H20F3N5O. The highest BCUT2D eigenvalue weighted by Gasteiger charge is 2.30. The third-order valence-electron chi connectivity index (χ3n) is 4.48. The molecule has 0 unspecified atom stereocenters. The Bertz CT molecular complexity index is 1120. The van der Waals surface area contributed by atoms with E-state index in [-0.39, 0.29) is 17.0 Å². The molecule has 2 aromatic carbocycles. The van der Waals surface area contributed by atoms with Gasteiger partial charge in [0.15, 0.2) is 0 Å². The lowest BCUT2D eigenvalue weighted by atomic mass is 10.1. The predicted molar refractivity (Wildman–Crippen MR) is 113 cm³/mol. The lowest BCUT2D eigenvalue weighted by Crippen LogP contribution is -2.29. The molecule has 0 saturated heterocycles. The summed E-state index contributed by atoms with van der Waals surface area (Å²) in [5.41, 5.74) is 0.624. The van der Waals surface area contributed by atoms with Crippen LogP contribution in [0.3, 0.4) is 0 Å². The molecule has 0 bridgehead atoms. The second-order valence-electron chi connectivity index (χ2n) is 6.52. The summed E-state index contributed by atoms with van der Waals surface area (Å²) >= 11 is 0. The monoisotopic (exact) mass is 427 g/mol. The fraction of sp³-hybridized carbons (Fsp3) is 0.0909. The second kappa shape index (κ2) is 8.88. The zero-order valence-corrected chi connectivity index (χ0v) is 16.6. The van der Waals surface area contributed by atoms with Crippen molar-refractivity contribution in [3.05, 3.63) is 96.6 Å². The maximum absolute atomic E-state index is 13.0. The van der Waals surface area contributed by atoms with E-state index < -0.39 is 17.5 Å². The molecule has 9 heteroatoms. The molecule has 0 radical (unpaired) electrons. The fourth-order valence-electron chi connectivity index (χ4n) is 2.88. The number of halogens is 3. The Morgan fingerprint density at radius 2 is 1.87 bits per heavy atom. The maximum Gasteiger partial charge on any atom is 0.416 e. The number of carbonyl (C=O) groups excluding carboxylic acids is 1. The van der Waals surface area contributed by atoms with E-state index in [4.69, 9.17) is 5.84 Å². The number of anilines is 1. The number of nitrogens with zero attached hydrogens (tertiary/aromatic N) is 3. The van der Waals surface area contributed by atoms with Crippen molar-refractivity contribution in [3.8, 4) is 5.69 Å². The number of nitrogens with one attached hydrogen (secondary N) is 1. The van der Waals surface area contributed by atoms with Crippen molar-refractivity contribution in [2.75, 3.05) is 12.1 Å². The van der Waals surface area contributed by atoms with Crippen LogP contribution in [0.25, 0.3) is 11.3 Å². The first-order valence-corrected chi connectivity index (χ1v) is 9.16. The summed E-state index contributed by atoms with van der Waals surface area (Å²) in [5, 5.41) is 7.91. The molecule has 0 aliphatic rings. The molecule has 3 N–H and O–H groups in total. The molecule has 0 saturated carbocycles.